The fourth-order valence-corrected chi connectivity index (χ4v) is 0.886. The molecule has 0 aliphatic rings. The first-order chi connectivity index (χ1) is 4.70. The molecule has 0 heterocycles. The molecule has 0 radical (unpaired) electrons. The van der Waals surface area contributed by atoms with Gasteiger partial charge in [0.25, 0.3) is 0 Å². The maximum atomic E-state index is 12.1. The third-order valence-electron chi connectivity index (χ3n) is 1.15. The van der Waals surface area contributed by atoms with Gasteiger partial charge in [-0.25, -0.2) is 4.39 Å². The van der Waals surface area contributed by atoms with Gasteiger partial charge in [0.05, 0.1) is 0 Å². The van der Waals surface area contributed by atoms with E-state index in [1.54, 1.807) is 12.1 Å². The molecule has 1 N–H and O–H groups in total. The number of halogens is 2. The van der Waals surface area contributed by atoms with Crippen molar-refractivity contribution in [2.75, 3.05) is 0 Å². The summed E-state index contributed by atoms with van der Waals surface area (Å²) in [5.74, 6) is 0. The molecule has 1 unspecified atom stereocenters. The van der Waals surface area contributed by atoms with Gasteiger partial charge < -0.3 is 5.11 Å². The number of rotatable bonds is 1. The summed E-state index contributed by atoms with van der Waals surface area (Å²) in [5.41, 5.74) is 0.281. The van der Waals surface area contributed by atoms with Crippen LogP contribution < -0.4 is 0 Å². The molecule has 54 valence electrons. The van der Waals surface area contributed by atoms with Crippen molar-refractivity contribution >= 4 is 15.9 Å². The van der Waals surface area contributed by atoms with Crippen LogP contribution in [-0.4, -0.2) is 5.11 Å². The Balaban J connectivity index is 2.89. The van der Waals surface area contributed by atoms with Crippen molar-refractivity contribution < 1.29 is 9.50 Å². The molecule has 0 fully saturated rings. The minimum atomic E-state index is -1.87. The van der Waals surface area contributed by atoms with Crippen LogP contribution in [0.25, 0.3) is 0 Å². The quantitative estimate of drug-likeness (QED) is 0.746. The van der Waals surface area contributed by atoms with Crippen molar-refractivity contribution in [3.8, 4) is 0 Å². The van der Waals surface area contributed by atoms with E-state index in [1.165, 1.54) is 12.1 Å². The standard InChI is InChI=1S/C7H6BrFO/c8-6-3-1-5(2-4-6)7(9)10/h1-4,7,10H. The summed E-state index contributed by atoms with van der Waals surface area (Å²) in [6, 6.07) is 6.40. The molecule has 1 rings (SSSR count). The fraction of sp³-hybridized carbons (Fsp3) is 0.143. The lowest BCUT2D eigenvalue weighted by atomic mass is 10.2. The van der Waals surface area contributed by atoms with Crippen molar-refractivity contribution in [2.24, 2.45) is 0 Å². The first-order valence-corrected chi connectivity index (χ1v) is 3.57. The van der Waals surface area contributed by atoms with Crippen LogP contribution >= 0.6 is 15.9 Å². The van der Waals surface area contributed by atoms with E-state index in [2.05, 4.69) is 15.9 Å². The van der Waals surface area contributed by atoms with Crippen LogP contribution in [0.3, 0.4) is 0 Å². The second kappa shape index (κ2) is 3.12. The Morgan fingerprint density at radius 3 is 2.20 bits per heavy atom. The molecular weight excluding hydrogens is 199 g/mol. The predicted octanol–water partition coefficient (Wildman–Crippen LogP) is 2.41. The highest BCUT2D eigenvalue weighted by Crippen LogP contribution is 2.16. The normalized spacial score (nSPS) is 13.1. The number of benzene rings is 1. The average Bonchev–Trinajstić information content (AvgIpc) is 1.88. The molecular formula is C7H6BrFO. The Morgan fingerprint density at radius 1 is 1.30 bits per heavy atom. The molecule has 0 saturated carbocycles. The Morgan fingerprint density at radius 2 is 1.80 bits per heavy atom. The van der Waals surface area contributed by atoms with Crippen LogP contribution in [0, 0.1) is 0 Å². The zero-order valence-electron chi connectivity index (χ0n) is 5.09. The second-order valence-electron chi connectivity index (χ2n) is 1.89. The number of alkyl halides is 1. The molecule has 1 aromatic rings. The van der Waals surface area contributed by atoms with Gasteiger partial charge in [0.15, 0.2) is 0 Å². The van der Waals surface area contributed by atoms with Crippen LogP contribution in [0.5, 0.6) is 0 Å². The second-order valence-corrected chi connectivity index (χ2v) is 2.80. The summed E-state index contributed by atoms with van der Waals surface area (Å²) < 4.78 is 13.0. The van der Waals surface area contributed by atoms with Gasteiger partial charge in [-0.15, -0.1) is 0 Å². The van der Waals surface area contributed by atoms with Gasteiger partial charge in [-0.05, 0) is 12.1 Å². The lowest BCUT2D eigenvalue weighted by molar-refractivity contribution is 0.0411. The zero-order chi connectivity index (χ0) is 7.56. The summed E-state index contributed by atoms with van der Waals surface area (Å²) in [6.07, 6.45) is -1.87. The van der Waals surface area contributed by atoms with Crippen molar-refractivity contribution in [3.63, 3.8) is 0 Å². The summed E-state index contributed by atoms with van der Waals surface area (Å²) in [6.45, 7) is 0. The van der Waals surface area contributed by atoms with E-state index in [0.717, 1.165) is 4.47 Å². The van der Waals surface area contributed by atoms with E-state index < -0.39 is 6.36 Å². The molecule has 0 spiro atoms. The van der Waals surface area contributed by atoms with Gasteiger partial charge in [-0.3, -0.25) is 0 Å². The van der Waals surface area contributed by atoms with Crippen molar-refractivity contribution in [1.29, 1.82) is 0 Å². The van der Waals surface area contributed by atoms with E-state index in [-0.39, 0.29) is 5.56 Å². The maximum Gasteiger partial charge on any atom is 0.222 e. The Bertz CT molecular complexity index is 207. The van der Waals surface area contributed by atoms with Crippen LogP contribution in [-0.2, 0) is 0 Å². The number of hydrogen-bond acceptors (Lipinski definition) is 1. The van der Waals surface area contributed by atoms with Gasteiger partial charge in [0, 0.05) is 10.0 Å². The van der Waals surface area contributed by atoms with Crippen LogP contribution in [0.4, 0.5) is 4.39 Å². The van der Waals surface area contributed by atoms with E-state index >= 15 is 0 Å². The monoisotopic (exact) mass is 204 g/mol. The topological polar surface area (TPSA) is 20.2 Å². The molecule has 0 amide bonds. The lowest BCUT2D eigenvalue weighted by Gasteiger charge is -1.99. The van der Waals surface area contributed by atoms with Gasteiger partial charge in [-0.2, -0.15) is 0 Å². The predicted molar refractivity (Wildman–Crippen MR) is 40.2 cm³/mol. The van der Waals surface area contributed by atoms with Crippen LogP contribution in [0.15, 0.2) is 28.7 Å². The maximum absolute atomic E-state index is 12.1. The smallest absolute Gasteiger partial charge is 0.222 e. The molecule has 0 aromatic heterocycles. The third-order valence-corrected chi connectivity index (χ3v) is 1.67. The molecule has 3 heteroatoms. The van der Waals surface area contributed by atoms with E-state index in [1.807, 2.05) is 0 Å². The molecule has 1 nitrogen and oxygen atoms in total. The SMILES string of the molecule is OC(F)c1ccc(Br)cc1. The van der Waals surface area contributed by atoms with Gasteiger partial charge in [0.2, 0.25) is 6.36 Å². The van der Waals surface area contributed by atoms with Crippen molar-refractivity contribution in [3.05, 3.63) is 34.3 Å². The van der Waals surface area contributed by atoms with Crippen LogP contribution in [0.2, 0.25) is 0 Å². The number of aliphatic hydroxyl groups excluding tert-OH is 1. The minimum absolute atomic E-state index is 0.281. The number of hydrogen-bond donors (Lipinski definition) is 1. The van der Waals surface area contributed by atoms with Gasteiger partial charge in [0.1, 0.15) is 0 Å². The largest absolute Gasteiger partial charge is 0.360 e. The Labute approximate surface area is 66.6 Å². The summed E-state index contributed by atoms with van der Waals surface area (Å²) >= 11 is 3.19. The Kier molecular flexibility index (Phi) is 2.40. The van der Waals surface area contributed by atoms with Gasteiger partial charge >= 0.3 is 0 Å². The van der Waals surface area contributed by atoms with Crippen molar-refractivity contribution in [1.82, 2.24) is 0 Å². The highest BCUT2D eigenvalue weighted by Gasteiger charge is 2.01. The zero-order valence-corrected chi connectivity index (χ0v) is 6.68. The van der Waals surface area contributed by atoms with Gasteiger partial charge in [-0.1, -0.05) is 28.1 Å². The third kappa shape index (κ3) is 1.78. The highest BCUT2D eigenvalue weighted by molar-refractivity contribution is 9.10. The van der Waals surface area contributed by atoms with Crippen LogP contribution in [0.1, 0.15) is 11.9 Å². The van der Waals surface area contributed by atoms with E-state index in [4.69, 9.17) is 5.11 Å². The lowest BCUT2D eigenvalue weighted by Crippen LogP contribution is -1.86. The molecule has 0 saturated heterocycles. The molecule has 0 bridgehead atoms. The molecule has 1 aromatic carbocycles. The number of aliphatic hydroxyl groups is 1. The minimum Gasteiger partial charge on any atom is -0.360 e. The fourth-order valence-electron chi connectivity index (χ4n) is 0.622. The Hall–Kier alpha value is -0.410. The summed E-state index contributed by atoms with van der Waals surface area (Å²) in [4.78, 5) is 0. The van der Waals surface area contributed by atoms with E-state index in [0.29, 0.717) is 0 Å². The highest BCUT2D eigenvalue weighted by atomic mass is 79.9. The molecule has 1 atom stereocenters. The first kappa shape index (κ1) is 7.69. The van der Waals surface area contributed by atoms with Crippen molar-refractivity contribution in [2.45, 2.75) is 6.36 Å². The molecule has 0 aliphatic heterocycles. The molecule has 0 aliphatic carbocycles. The molecule has 10 heavy (non-hydrogen) atoms. The summed E-state index contributed by atoms with van der Waals surface area (Å²) in [5, 5.41) is 8.43. The average molecular weight is 205 g/mol. The first-order valence-electron chi connectivity index (χ1n) is 2.78. The van der Waals surface area contributed by atoms with E-state index in [9.17, 15) is 4.39 Å². The summed E-state index contributed by atoms with van der Waals surface area (Å²) in [7, 11) is 0.